The molecular weight excluding hydrogens is 282 g/mol. The molecule has 0 aromatic rings. The van der Waals surface area contributed by atoms with E-state index in [-0.39, 0.29) is 17.9 Å². The monoisotopic (exact) mass is 311 g/mol. The zero-order valence-corrected chi connectivity index (χ0v) is 14.2. The van der Waals surface area contributed by atoms with Gasteiger partial charge in [-0.2, -0.15) is 0 Å². The highest BCUT2D eigenvalue weighted by atomic mass is 16.6. The summed E-state index contributed by atoms with van der Waals surface area (Å²) in [5.41, 5.74) is -0.433. The van der Waals surface area contributed by atoms with Crippen molar-refractivity contribution in [2.45, 2.75) is 57.7 Å². The normalized spacial score (nSPS) is 24.6. The number of carbonyl (C=O) groups is 2. The van der Waals surface area contributed by atoms with Crippen molar-refractivity contribution in [3.63, 3.8) is 0 Å². The molecule has 1 N–H and O–H groups in total. The van der Waals surface area contributed by atoms with E-state index < -0.39 is 5.60 Å². The maximum Gasteiger partial charge on any atom is 0.320 e. The Kier molecular flexibility index (Phi) is 5.45. The SMILES string of the molecule is CN(CC(=O)OC(C)(C)C)C1CCN([C@@H]2CCNC2=O)CC1. The van der Waals surface area contributed by atoms with Crippen LogP contribution < -0.4 is 5.32 Å². The Labute approximate surface area is 133 Å². The first-order chi connectivity index (χ1) is 10.3. The molecule has 0 aromatic heterocycles. The number of ether oxygens (including phenoxy) is 1. The van der Waals surface area contributed by atoms with Crippen molar-refractivity contribution < 1.29 is 14.3 Å². The molecule has 22 heavy (non-hydrogen) atoms. The minimum atomic E-state index is -0.433. The Bertz CT molecular complexity index is 411. The van der Waals surface area contributed by atoms with Crippen molar-refractivity contribution in [3.8, 4) is 0 Å². The Morgan fingerprint density at radius 2 is 1.95 bits per heavy atom. The fourth-order valence-corrected chi connectivity index (χ4v) is 3.27. The van der Waals surface area contributed by atoms with E-state index in [0.29, 0.717) is 12.6 Å². The van der Waals surface area contributed by atoms with E-state index in [1.807, 2.05) is 27.8 Å². The summed E-state index contributed by atoms with van der Waals surface area (Å²) in [6.07, 6.45) is 2.89. The summed E-state index contributed by atoms with van der Waals surface area (Å²) >= 11 is 0. The number of amides is 1. The number of hydrogen-bond donors (Lipinski definition) is 1. The van der Waals surface area contributed by atoms with E-state index in [1.165, 1.54) is 0 Å². The Hall–Kier alpha value is -1.14. The van der Waals surface area contributed by atoms with Crippen LogP contribution in [0.4, 0.5) is 0 Å². The molecule has 2 heterocycles. The van der Waals surface area contributed by atoms with Gasteiger partial charge in [-0.05, 0) is 47.1 Å². The van der Waals surface area contributed by atoms with Gasteiger partial charge in [-0.1, -0.05) is 0 Å². The summed E-state index contributed by atoms with van der Waals surface area (Å²) in [5, 5.41) is 2.90. The van der Waals surface area contributed by atoms with Crippen molar-refractivity contribution in [2.24, 2.45) is 0 Å². The number of hydrogen-bond acceptors (Lipinski definition) is 5. The Balaban J connectivity index is 1.76. The molecule has 2 fully saturated rings. The van der Waals surface area contributed by atoms with E-state index in [2.05, 4.69) is 15.1 Å². The molecule has 0 spiro atoms. The molecule has 6 nitrogen and oxygen atoms in total. The summed E-state index contributed by atoms with van der Waals surface area (Å²) in [5.74, 6) is -0.00633. The number of piperidine rings is 1. The summed E-state index contributed by atoms with van der Waals surface area (Å²) in [4.78, 5) is 28.0. The van der Waals surface area contributed by atoms with E-state index in [9.17, 15) is 9.59 Å². The van der Waals surface area contributed by atoms with Crippen LogP contribution in [0.25, 0.3) is 0 Å². The number of nitrogens with zero attached hydrogens (tertiary/aromatic N) is 2. The highest BCUT2D eigenvalue weighted by Crippen LogP contribution is 2.20. The van der Waals surface area contributed by atoms with Crippen LogP contribution in [0.2, 0.25) is 0 Å². The number of nitrogens with one attached hydrogen (secondary N) is 1. The van der Waals surface area contributed by atoms with E-state index in [0.717, 1.165) is 38.9 Å². The predicted molar refractivity (Wildman–Crippen MR) is 84.5 cm³/mol. The molecule has 2 aliphatic heterocycles. The maximum atomic E-state index is 11.9. The smallest absolute Gasteiger partial charge is 0.320 e. The zero-order valence-electron chi connectivity index (χ0n) is 14.2. The maximum absolute atomic E-state index is 11.9. The first kappa shape index (κ1) is 17.2. The zero-order chi connectivity index (χ0) is 16.3. The number of carbonyl (C=O) groups excluding carboxylic acids is 2. The number of likely N-dealkylation sites (N-methyl/N-ethyl adjacent to an activating group) is 1. The first-order valence-electron chi connectivity index (χ1n) is 8.20. The molecule has 1 amide bonds. The molecule has 0 aromatic carbocycles. The van der Waals surface area contributed by atoms with Crippen molar-refractivity contribution >= 4 is 11.9 Å². The number of rotatable bonds is 4. The highest BCUT2D eigenvalue weighted by Gasteiger charge is 2.33. The van der Waals surface area contributed by atoms with Gasteiger partial charge in [0.15, 0.2) is 0 Å². The third-order valence-corrected chi connectivity index (χ3v) is 4.38. The van der Waals surface area contributed by atoms with Crippen molar-refractivity contribution in [1.29, 1.82) is 0 Å². The molecule has 2 rings (SSSR count). The van der Waals surface area contributed by atoms with Crippen LogP contribution in [0.1, 0.15) is 40.0 Å². The lowest BCUT2D eigenvalue weighted by atomic mass is 10.0. The topological polar surface area (TPSA) is 61.9 Å². The minimum Gasteiger partial charge on any atom is -0.459 e. The lowest BCUT2D eigenvalue weighted by molar-refractivity contribution is -0.156. The molecule has 6 heteroatoms. The number of esters is 1. The quantitative estimate of drug-likeness (QED) is 0.771. The summed E-state index contributed by atoms with van der Waals surface area (Å²) < 4.78 is 5.37. The van der Waals surface area contributed by atoms with Crippen LogP contribution in [0.3, 0.4) is 0 Å². The number of likely N-dealkylation sites (tertiary alicyclic amines) is 1. The highest BCUT2D eigenvalue weighted by molar-refractivity contribution is 5.83. The van der Waals surface area contributed by atoms with Gasteiger partial charge in [0.1, 0.15) is 5.60 Å². The van der Waals surface area contributed by atoms with E-state index in [1.54, 1.807) is 0 Å². The lowest BCUT2D eigenvalue weighted by Gasteiger charge is -2.38. The Morgan fingerprint density at radius 1 is 1.32 bits per heavy atom. The van der Waals surface area contributed by atoms with Crippen LogP contribution in [-0.2, 0) is 14.3 Å². The van der Waals surface area contributed by atoms with Gasteiger partial charge in [-0.25, -0.2) is 0 Å². The van der Waals surface area contributed by atoms with E-state index >= 15 is 0 Å². The average Bonchev–Trinajstić information content (AvgIpc) is 2.83. The molecule has 0 saturated carbocycles. The van der Waals surface area contributed by atoms with Crippen molar-refractivity contribution in [2.75, 3.05) is 33.2 Å². The third-order valence-electron chi connectivity index (χ3n) is 4.38. The van der Waals surface area contributed by atoms with Crippen LogP contribution in [-0.4, -0.2) is 72.6 Å². The average molecular weight is 311 g/mol. The Morgan fingerprint density at radius 3 is 2.45 bits per heavy atom. The summed E-state index contributed by atoms with van der Waals surface area (Å²) in [6, 6.07) is 0.436. The third kappa shape index (κ3) is 4.68. The van der Waals surface area contributed by atoms with Crippen LogP contribution in [0, 0.1) is 0 Å². The van der Waals surface area contributed by atoms with Crippen molar-refractivity contribution in [1.82, 2.24) is 15.1 Å². The second-order valence-corrected chi connectivity index (χ2v) is 7.36. The van der Waals surface area contributed by atoms with Gasteiger partial charge in [0.2, 0.25) is 5.91 Å². The van der Waals surface area contributed by atoms with Crippen LogP contribution >= 0.6 is 0 Å². The molecule has 2 saturated heterocycles. The lowest BCUT2D eigenvalue weighted by Crippen LogP contribution is -2.50. The molecule has 0 aliphatic carbocycles. The van der Waals surface area contributed by atoms with Gasteiger partial charge in [-0.15, -0.1) is 0 Å². The molecule has 2 aliphatic rings. The van der Waals surface area contributed by atoms with Crippen LogP contribution in [0.5, 0.6) is 0 Å². The summed E-state index contributed by atoms with van der Waals surface area (Å²) in [6.45, 7) is 8.61. The first-order valence-corrected chi connectivity index (χ1v) is 8.20. The molecule has 0 unspecified atom stereocenters. The van der Waals surface area contributed by atoms with Gasteiger partial charge in [0.25, 0.3) is 0 Å². The van der Waals surface area contributed by atoms with Gasteiger partial charge < -0.3 is 10.1 Å². The van der Waals surface area contributed by atoms with Gasteiger partial charge in [-0.3, -0.25) is 19.4 Å². The predicted octanol–water partition coefficient (Wildman–Crippen LogP) is 0.613. The van der Waals surface area contributed by atoms with Gasteiger partial charge >= 0.3 is 5.97 Å². The molecular formula is C16H29N3O3. The van der Waals surface area contributed by atoms with Crippen LogP contribution in [0.15, 0.2) is 0 Å². The fraction of sp³-hybridized carbons (Fsp3) is 0.875. The fourth-order valence-electron chi connectivity index (χ4n) is 3.27. The molecule has 126 valence electrons. The van der Waals surface area contributed by atoms with E-state index in [4.69, 9.17) is 4.74 Å². The molecule has 0 radical (unpaired) electrons. The molecule has 0 bridgehead atoms. The van der Waals surface area contributed by atoms with Gasteiger partial charge in [0, 0.05) is 25.7 Å². The van der Waals surface area contributed by atoms with Crippen molar-refractivity contribution in [3.05, 3.63) is 0 Å². The second-order valence-electron chi connectivity index (χ2n) is 7.36. The minimum absolute atomic E-state index is 0.0529. The largest absolute Gasteiger partial charge is 0.459 e. The van der Waals surface area contributed by atoms with Gasteiger partial charge in [0.05, 0.1) is 12.6 Å². The standard InChI is InChI=1S/C16H29N3O3/c1-16(2,3)22-14(20)11-18(4)12-6-9-19(10-7-12)13-5-8-17-15(13)21/h12-13H,5-11H2,1-4H3,(H,17,21)/t13-/m1/s1. The summed E-state index contributed by atoms with van der Waals surface area (Å²) in [7, 11) is 1.98. The second kappa shape index (κ2) is 6.96. The molecule has 1 atom stereocenters.